The molecule has 0 N–H and O–H groups in total. The zero-order valence-corrected chi connectivity index (χ0v) is 15.1. The Labute approximate surface area is 156 Å². The van der Waals surface area contributed by atoms with Crippen molar-refractivity contribution in [2.75, 3.05) is 13.2 Å². The molecule has 0 saturated heterocycles. The van der Waals surface area contributed by atoms with E-state index in [0.717, 1.165) is 32.1 Å². The van der Waals surface area contributed by atoms with Gasteiger partial charge in [-0.15, -0.1) is 13.2 Å². The minimum Gasteiger partial charge on any atom is -0.490 e. The minimum atomic E-state index is -5.02. The topological polar surface area (TPSA) is 27.7 Å². The van der Waals surface area contributed by atoms with Crippen LogP contribution < -0.4 is 14.2 Å². The van der Waals surface area contributed by atoms with E-state index < -0.39 is 17.9 Å². The molecule has 0 aromatic heterocycles. The smallest absolute Gasteiger partial charge is 0.490 e. The lowest BCUT2D eigenvalue weighted by atomic mass is 10.1. The van der Waals surface area contributed by atoms with Gasteiger partial charge in [-0.2, -0.15) is 4.39 Å². The Morgan fingerprint density at radius 2 is 1.70 bits per heavy atom. The van der Waals surface area contributed by atoms with Gasteiger partial charge in [0.05, 0.1) is 6.61 Å². The maximum atomic E-state index is 14.5. The first kappa shape index (κ1) is 19.8. The maximum absolute atomic E-state index is 14.5. The lowest BCUT2D eigenvalue weighted by Crippen LogP contribution is -2.19. The molecule has 0 amide bonds. The van der Waals surface area contributed by atoms with Gasteiger partial charge in [0.2, 0.25) is 11.6 Å². The molecule has 2 aliphatic rings. The Morgan fingerprint density at radius 3 is 2.37 bits per heavy atom. The van der Waals surface area contributed by atoms with E-state index in [1.807, 2.05) is 6.08 Å². The van der Waals surface area contributed by atoms with Crippen molar-refractivity contribution in [3.05, 3.63) is 30.1 Å². The zero-order chi connectivity index (χ0) is 19.3. The summed E-state index contributed by atoms with van der Waals surface area (Å²) in [6.07, 6.45) is 6.37. The first-order valence-electron chi connectivity index (χ1n) is 9.43. The van der Waals surface area contributed by atoms with Gasteiger partial charge >= 0.3 is 6.36 Å². The van der Waals surface area contributed by atoms with E-state index in [1.165, 1.54) is 25.0 Å². The molecule has 27 heavy (non-hydrogen) atoms. The normalized spacial score (nSPS) is 18.2. The van der Waals surface area contributed by atoms with Crippen molar-refractivity contribution < 1.29 is 31.8 Å². The fraction of sp³-hybridized carbons (Fsp3) is 0.600. The van der Waals surface area contributed by atoms with Crippen LogP contribution in [-0.2, 0) is 0 Å². The SMILES string of the molecule is Fc1c(OC/C=C/C2CCCC2)ccc(OCCC2CC2)c1OC(F)(F)F. The highest BCUT2D eigenvalue weighted by atomic mass is 19.4. The van der Waals surface area contributed by atoms with Gasteiger partial charge in [-0.25, -0.2) is 0 Å². The van der Waals surface area contributed by atoms with E-state index >= 15 is 0 Å². The summed E-state index contributed by atoms with van der Waals surface area (Å²) in [5.41, 5.74) is 0. The molecular formula is C20H24F4O3. The van der Waals surface area contributed by atoms with E-state index in [1.54, 1.807) is 6.08 Å². The molecule has 3 rings (SSSR count). The van der Waals surface area contributed by atoms with E-state index in [0.29, 0.717) is 11.8 Å². The molecule has 0 aliphatic heterocycles. The molecule has 2 aliphatic carbocycles. The summed E-state index contributed by atoms with van der Waals surface area (Å²) in [5, 5.41) is 0. The largest absolute Gasteiger partial charge is 0.573 e. The number of hydrogen-bond acceptors (Lipinski definition) is 3. The van der Waals surface area contributed by atoms with Gasteiger partial charge in [0.25, 0.3) is 0 Å². The summed E-state index contributed by atoms with van der Waals surface area (Å²) >= 11 is 0. The highest BCUT2D eigenvalue weighted by Gasteiger charge is 2.35. The Kier molecular flexibility index (Phi) is 6.50. The zero-order valence-electron chi connectivity index (χ0n) is 15.1. The monoisotopic (exact) mass is 388 g/mol. The standard InChI is InChI=1S/C20H24F4O3/c21-18-16(25-12-3-6-14-4-1-2-5-14)9-10-17(19(18)27-20(22,23)24)26-13-11-15-7-8-15/h3,6,9-10,14-15H,1-2,4-5,7-8,11-13H2/b6-3+. The molecule has 1 aromatic rings. The summed E-state index contributed by atoms with van der Waals surface area (Å²) in [6, 6.07) is 2.53. The number of rotatable bonds is 9. The Balaban J connectivity index is 1.64. The molecule has 3 nitrogen and oxygen atoms in total. The fourth-order valence-electron chi connectivity index (χ4n) is 3.23. The third kappa shape index (κ3) is 6.33. The van der Waals surface area contributed by atoms with Crippen LogP contribution in [0.4, 0.5) is 17.6 Å². The maximum Gasteiger partial charge on any atom is 0.573 e. The number of hydrogen-bond donors (Lipinski definition) is 0. The summed E-state index contributed by atoms with van der Waals surface area (Å²) in [4.78, 5) is 0. The second-order valence-electron chi connectivity index (χ2n) is 7.12. The number of alkyl halides is 3. The molecule has 0 atom stereocenters. The average Bonchev–Trinajstić information content (AvgIpc) is 3.28. The van der Waals surface area contributed by atoms with Crippen molar-refractivity contribution in [2.45, 2.75) is 51.3 Å². The molecule has 150 valence electrons. The predicted molar refractivity (Wildman–Crippen MR) is 92.5 cm³/mol. The quantitative estimate of drug-likeness (QED) is 0.382. The molecule has 0 unspecified atom stereocenters. The molecule has 0 heterocycles. The van der Waals surface area contributed by atoms with Crippen LogP contribution in [0.2, 0.25) is 0 Å². The van der Waals surface area contributed by atoms with Crippen molar-refractivity contribution in [2.24, 2.45) is 11.8 Å². The van der Waals surface area contributed by atoms with Crippen LogP contribution in [0.15, 0.2) is 24.3 Å². The highest BCUT2D eigenvalue weighted by molar-refractivity contribution is 5.47. The third-order valence-corrected chi connectivity index (χ3v) is 4.87. The number of ether oxygens (including phenoxy) is 3. The molecule has 2 fully saturated rings. The lowest BCUT2D eigenvalue weighted by molar-refractivity contribution is -0.276. The number of halogens is 4. The van der Waals surface area contributed by atoms with Gasteiger partial charge in [-0.1, -0.05) is 37.8 Å². The second kappa shape index (κ2) is 8.85. The van der Waals surface area contributed by atoms with Crippen molar-refractivity contribution in [3.8, 4) is 17.2 Å². The lowest BCUT2D eigenvalue weighted by Gasteiger charge is -2.16. The third-order valence-electron chi connectivity index (χ3n) is 4.87. The van der Waals surface area contributed by atoms with E-state index in [4.69, 9.17) is 9.47 Å². The van der Waals surface area contributed by atoms with Crippen LogP contribution in [0, 0.1) is 17.7 Å². The first-order valence-corrected chi connectivity index (χ1v) is 9.43. The Morgan fingerprint density at radius 1 is 1.00 bits per heavy atom. The second-order valence-corrected chi connectivity index (χ2v) is 7.12. The molecule has 7 heteroatoms. The van der Waals surface area contributed by atoms with E-state index in [9.17, 15) is 17.6 Å². The van der Waals surface area contributed by atoms with Gasteiger partial charge in [0.1, 0.15) is 6.61 Å². The van der Waals surface area contributed by atoms with Crippen molar-refractivity contribution in [1.82, 2.24) is 0 Å². The van der Waals surface area contributed by atoms with Gasteiger partial charge < -0.3 is 14.2 Å². The van der Waals surface area contributed by atoms with Crippen LogP contribution >= 0.6 is 0 Å². The molecule has 1 aromatic carbocycles. The summed E-state index contributed by atoms with van der Waals surface area (Å²) < 4.78 is 67.1. The van der Waals surface area contributed by atoms with Gasteiger partial charge in [0.15, 0.2) is 11.5 Å². The van der Waals surface area contributed by atoms with E-state index in [2.05, 4.69) is 4.74 Å². The van der Waals surface area contributed by atoms with Crippen LogP contribution in [0.3, 0.4) is 0 Å². The van der Waals surface area contributed by atoms with Crippen molar-refractivity contribution in [1.29, 1.82) is 0 Å². The molecule has 0 radical (unpaired) electrons. The van der Waals surface area contributed by atoms with Gasteiger partial charge in [-0.3, -0.25) is 0 Å². The van der Waals surface area contributed by atoms with Crippen LogP contribution in [0.5, 0.6) is 17.2 Å². The molecule has 2 saturated carbocycles. The van der Waals surface area contributed by atoms with Gasteiger partial charge in [0, 0.05) is 0 Å². The minimum absolute atomic E-state index is 0.0841. The van der Waals surface area contributed by atoms with Gasteiger partial charge in [-0.05, 0) is 43.2 Å². The molecule has 0 spiro atoms. The van der Waals surface area contributed by atoms with E-state index in [-0.39, 0.29) is 24.7 Å². The predicted octanol–water partition coefficient (Wildman–Crippen LogP) is 6.03. The average molecular weight is 388 g/mol. The van der Waals surface area contributed by atoms with Crippen molar-refractivity contribution in [3.63, 3.8) is 0 Å². The Bertz CT molecular complexity index is 647. The fourth-order valence-corrected chi connectivity index (χ4v) is 3.23. The van der Waals surface area contributed by atoms with Crippen LogP contribution in [0.1, 0.15) is 44.9 Å². The summed E-state index contributed by atoms with van der Waals surface area (Å²) in [7, 11) is 0. The summed E-state index contributed by atoms with van der Waals surface area (Å²) in [5.74, 6) is -1.68. The summed E-state index contributed by atoms with van der Waals surface area (Å²) in [6.45, 7) is 0.309. The number of benzene rings is 1. The number of allylic oxidation sites excluding steroid dienone is 1. The Hall–Kier alpha value is -1.92. The van der Waals surface area contributed by atoms with Crippen molar-refractivity contribution >= 4 is 0 Å². The van der Waals surface area contributed by atoms with Crippen LogP contribution in [0.25, 0.3) is 0 Å². The highest BCUT2D eigenvalue weighted by Crippen LogP contribution is 2.40. The molecular weight excluding hydrogens is 364 g/mol. The van der Waals surface area contributed by atoms with Crippen LogP contribution in [-0.4, -0.2) is 19.6 Å². The molecule has 0 bridgehead atoms. The first-order chi connectivity index (χ1) is 12.9.